The van der Waals surface area contributed by atoms with E-state index in [0.717, 1.165) is 4.90 Å². The Morgan fingerprint density at radius 2 is 1.67 bits per heavy atom. The number of halogens is 1. The number of thioether (sulfide) groups is 1. The third kappa shape index (κ3) is 3.34. The molecule has 0 amide bonds. The summed E-state index contributed by atoms with van der Waals surface area (Å²) in [6, 6.07) is 12.2. The SMILES string of the molecule is O=C(CSc1ccc(F)cc1)c1ccc(O)cc1. The Morgan fingerprint density at radius 1 is 1.06 bits per heavy atom. The Kier molecular flexibility index (Phi) is 3.99. The van der Waals surface area contributed by atoms with Crippen LogP contribution in [0.5, 0.6) is 5.75 Å². The van der Waals surface area contributed by atoms with Crippen LogP contribution in [-0.2, 0) is 0 Å². The van der Waals surface area contributed by atoms with E-state index in [1.165, 1.54) is 36.0 Å². The molecule has 0 heterocycles. The molecule has 92 valence electrons. The number of hydrogen-bond donors (Lipinski definition) is 1. The summed E-state index contributed by atoms with van der Waals surface area (Å²) in [5.74, 6) is 0.113. The van der Waals surface area contributed by atoms with Crippen LogP contribution < -0.4 is 0 Å². The minimum Gasteiger partial charge on any atom is -0.508 e. The first kappa shape index (κ1) is 12.6. The van der Waals surface area contributed by atoms with Crippen LogP contribution in [0.1, 0.15) is 10.4 Å². The molecule has 0 saturated heterocycles. The summed E-state index contributed by atoms with van der Waals surface area (Å²) < 4.78 is 12.7. The van der Waals surface area contributed by atoms with Crippen LogP contribution in [0.4, 0.5) is 4.39 Å². The number of ketones is 1. The van der Waals surface area contributed by atoms with Gasteiger partial charge in [0.2, 0.25) is 0 Å². The average molecular weight is 262 g/mol. The maximum Gasteiger partial charge on any atom is 0.173 e. The van der Waals surface area contributed by atoms with Gasteiger partial charge in [-0.2, -0.15) is 0 Å². The van der Waals surface area contributed by atoms with Crippen molar-refractivity contribution in [2.24, 2.45) is 0 Å². The molecule has 0 bridgehead atoms. The largest absolute Gasteiger partial charge is 0.508 e. The van der Waals surface area contributed by atoms with E-state index < -0.39 is 0 Å². The Balaban J connectivity index is 1.96. The molecular weight excluding hydrogens is 251 g/mol. The zero-order valence-corrected chi connectivity index (χ0v) is 10.3. The number of phenols is 1. The molecular formula is C14H11FO2S. The van der Waals surface area contributed by atoms with Gasteiger partial charge in [0.05, 0.1) is 5.75 Å². The lowest BCUT2D eigenvalue weighted by atomic mass is 10.1. The van der Waals surface area contributed by atoms with Crippen molar-refractivity contribution in [3.63, 3.8) is 0 Å². The molecule has 2 rings (SSSR count). The fourth-order valence-electron chi connectivity index (χ4n) is 1.41. The molecule has 0 unspecified atom stereocenters. The second kappa shape index (κ2) is 5.69. The van der Waals surface area contributed by atoms with Crippen molar-refractivity contribution in [3.05, 3.63) is 59.9 Å². The minimum atomic E-state index is -0.288. The zero-order valence-electron chi connectivity index (χ0n) is 9.47. The minimum absolute atomic E-state index is 0.0238. The fraction of sp³-hybridized carbons (Fsp3) is 0.0714. The normalized spacial score (nSPS) is 10.3. The molecule has 0 aliphatic rings. The molecule has 2 aromatic carbocycles. The van der Waals surface area contributed by atoms with E-state index in [9.17, 15) is 9.18 Å². The van der Waals surface area contributed by atoms with Crippen LogP contribution in [0.25, 0.3) is 0 Å². The molecule has 2 aromatic rings. The summed E-state index contributed by atoms with van der Waals surface area (Å²) >= 11 is 1.36. The van der Waals surface area contributed by atoms with E-state index in [-0.39, 0.29) is 23.1 Å². The van der Waals surface area contributed by atoms with Crippen molar-refractivity contribution in [1.29, 1.82) is 0 Å². The van der Waals surface area contributed by atoms with Crippen LogP contribution in [0.3, 0.4) is 0 Å². The smallest absolute Gasteiger partial charge is 0.173 e. The highest BCUT2D eigenvalue weighted by atomic mass is 32.2. The molecule has 0 radical (unpaired) electrons. The van der Waals surface area contributed by atoms with Crippen LogP contribution in [0, 0.1) is 5.82 Å². The number of carbonyl (C=O) groups is 1. The molecule has 4 heteroatoms. The highest BCUT2D eigenvalue weighted by molar-refractivity contribution is 8.00. The molecule has 0 fully saturated rings. The molecule has 0 spiro atoms. The second-order valence-electron chi connectivity index (χ2n) is 3.71. The third-order valence-corrected chi connectivity index (χ3v) is 3.38. The van der Waals surface area contributed by atoms with Gasteiger partial charge in [0.25, 0.3) is 0 Å². The maximum atomic E-state index is 12.7. The van der Waals surface area contributed by atoms with Gasteiger partial charge in [0.15, 0.2) is 5.78 Å². The summed E-state index contributed by atoms with van der Waals surface area (Å²) in [7, 11) is 0. The first-order chi connectivity index (χ1) is 8.65. The van der Waals surface area contributed by atoms with Crippen LogP contribution in [0.15, 0.2) is 53.4 Å². The molecule has 0 aliphatic carbocycles. The van der Waals surface area contributed by atoms with Crippen molar-refractivity contribution in [2.45, 2.75) is 4.90 Å². The topological polar surface area (TPSA) is 37.3 Å². The number of rotatable bonds is 4. The average Bonchev–Trinajstić information content (AvgIpc) is 2.38. The van der Waals surface area contributed by atoms with Gasteiger partial charge < -0.3 is 5.11 Å². The zero-order chi connectivity index (χ0) is 13.0. The molecule has 0 aromatic heterocycles. The van der Waals surface area contributed by atoms with Crippen LogP contribution in [-0.4, -0.2) is 16.6 Å². The van der Waals surface area contributed by atoms with Crippen molar-refractivity contribution in [1.82, 2.24) is 0 Å². The van der Waals surface area contributed by atoms with Gasteiger partial charge in [0.1, 0.15) is 11.6 Å². The molecule has 0 aliphatic heterocycles. The monoisotopic (exact) mass is 262 g/mol. The lowest BCUT2D eigenvalue weighted by molar-refractivity contribution is 0.102. The predicted molar refractivity (Wildman–Crippen MR) is 69.6 cm³/mol. The van der Waals surface area contributed by atoms with Gasteiger partial charge in [0, 0.05) is 10.5 Å². The highest BCUT2D eigenvalue weighted by Crippen LogP contribution is 2.20. The summed E-state index contributed by atoms with van der Waals surface area (Å²) in [4.78, 5) is 12.7. The first-order valence-corrected chi connectivity index (χ1v) is 6.34. The molecule has 1 N–H and O–H groups in total. The van der Waals surface area contributed by atoms with Gasteiger partial charge in [-0.15, -0.1) is 11.8 Å². The second-order valence-corrected chi connectivity index (χ2v) is 4.76. The Hall–Kier alpha value is -1.81. The number of Topliss-reactive ketones (excluding diaryl/α,β-unsaturated/α-hetero) is 1. The Labute approximate surface area is 108 Å². The summed E-state index contributed by atoms with van der Waals surface area (Å²) in [5.41, 5.74) is 0.558. The lowest BCUT2D eigenvalue weighted by Crippen LogP contribution is -2.01. The van der Waals surface area contributed by atoms with Crippen molar-refractivity contribution >= 4 is 17.5 Å². The van der Waals surface area contributed by atoms with Crippen LogP contribution >= 0.6 is 11.8 Å². The van der Waals surface area contributed by atoms with E-state index >= 15 is 0 Å². The quantitative estimate of drug-likeness (QED) is 0.676. The van der Waals surface area contributed by atoms with E-state index in [1.54, 1.807) is 24.3 Å². The van der Waals surface area contributed by atoms with Gasteiger partial charge in [-0.25, -0.2) is 4.39 Å². The first-order valence-electron chi connectivity index (χ1n) is 5.36. The van der Waals surface area contributed by atoms with Crippen molar-refractivity contribution in [2.75, 3.05) is 5.75 Å². The predicted octanol–water partition coefficient (Wildman–Crippen LogP) is 3.51. The van der Waals surface area contributed by atoms with Gasteiger partial charge in [-0.05, 0) is 48.5 Å². The van der Waals surface area contributed by atoms with E-state index in [2.05, 4.69) is 0 Å². The molecule has 2 nitrogen and oxygen atoms in total. The summed E-state index contributed by atoms with van der Waals surface area (Å²) in [6.45, 7) is 0. The maximum absolute atomic E-state index is 12.7. The number of aromatic hydroxyl groups is 1. The van der Waals surface area contributed by atoms with Crippen LogP contribution in [0.2, 0.25) is 0 Å². The summed E-state index contributed by atoms with van der Waals surface area (Å²) in [5, 5.41) is 9.12. The van der Waals surface area contributed by atoms with Crippen molar-refractivity contribution < 1.29 is 14.3 Å². The third-order valence-electron chi connectivity index (χ3n) is 2.37. The standard InChI is InChI=1S/C14H11FO2S/c15-11-3-7-13(8-4-11)18-9-14(17)10-1-5-12(16)6-2-10/h1-8,16H,9H2. The van der Waals surface area contributed by atoms with Gasteiger partial charge >= 0.3 is 0 Å². The number of hydrogen-bond acceptors (Lipinski definition) is 3. The van der Waals surface area contributed by atoms with Crippen molar-refractivity contribution in [3.8, 4) is 5.75 Å². The Bertz CT molecular complexity index is 535. The van der Waals surface area contributed by atoms with Gasteiger partial charge in [-0.3, -0.25) is 4.79 Å². The van der Waals surface area contributed by atoms with E-state index in [4.69, 9.17) is 5.11 Å². The number of phenolic OH excluding ortho intramolecular Hbond substituents is 1. The van der Waals surface area contributed by atoms with E-state index in [1.807, 2.05) is 0 Å². The molecule has 0 atom stereocenters. The fourth-order valence-corrected chi connectivity index (χ4v) is 2.20. The summed E-state index contributed by atoms with van der Waals surface area (Å²) in [6.07, 6.45) is 0. The van der Waals surface area contributed by atoms with E-state index in [0.29, 0.717) is 5.56 Å². The molecule has 18 heavy (non-hydrogen) atoms. The number of benzene rings is 2. The molecule has 0 saturated carbocycles. The van der Waals surface area contributed by atoms with Gasteiger partial charge in [-0.1, -0.05) is 0 Å². The Morgan fingerprint density at radius 3 is 2.28 bits per heavy atom. The lowest BCUT2D eigenvalue weighted by Gasteiger charge is -2.02. The highest BCUT2D eigenvalue weighted by Gasteiger charge is 2.06. The number of carbonyl (C=O) groups excluding carboxylic acids is 1.